The number of nitrogens with one attached hydrogen (secondary N) is 2. The lowest BCUT2D eigenvalue weighted by atomic mass is 10.3. The fraction of sp³-hybridized carbons (Fsp3) is 0.188. The summed E-state index contributed by atoms with van der Waals surface area (Å²) in [6.45, 7) is 2.02. The SMILES string of the molecule is CCOC(=O)c1cnc(C(=S)c2nc3ccccc3[nH]2)nc1NC. The number of rotatable bonds is 5. The summed E-state index contributed by atoms with van der Waals surface area (Å²) in [7, 11) is 1.67. The first-order chi connectivity index (χ1) is 11.6. The molecule has 3 aromatic rings. The number of hydrogen-bond acceptors (Lipinski definition) is 7. The number of imidazole rings is 1. The topological polar surface area (TPSA) is 92.8 Å². The van der Waals surface area contributed by atoms with E-state index in [0.29, 0.717) is 22.3 Å². The number of anilines is 1. The number of carbonyl (C=O) groups excluding carboxylic acids is 1. The van der Waals surface area contributed by atoms with Crippen LogP contribution in [0.1, 0.15) is 28.9 Å². The molecule has 0 bridgehead atoms. The fourth-order valence-electron chi connectivity index (χ4n) is 2.21. The first-order valence-electron chi connectivity index (χ1n) is 7.35. The Morgan fingerprint density at radius 1 is 1.33 bits per heavy atom. The Balaban J connectivity index is 1.96. The van der Waals surface area contributed by atoms with Gasteiger partial charge in [0.05, 0.1) is 17.6 Å². The van der Waals surface area contributed by atoms with E-state index < -0.39 is 5.97 Å². The van der Waals surface area contributed by atoms with Gasteiger partial charge in [-0.2, -0.15) is 0 Å². The van der Waals surface area contributed by atoms with Crippen LogP contribution in [0.15, 0.2) is 30.5 Å². The molecule has 2 aromatic heterocycles. The third kappa shape index (κ3) is 2.95. The van der Waals surface area contributed by atoms with Crippen molar-refractivity contribution < 1.29 is 9.53 Å². The van der Waals surface area contributed by atoms with Crippen molar-refractivity contribution in [3.8, 4) is 0 Å². The summed E-state index contributed by atoms with van der Waals surface area (Å²) < 4.78 is 4.99. The first kappa shape index (κ1) is 16.0. The Labute approximate surface area is 143 Å². The van der Waals surface area contributed by atoms with E-state index >= 15 is 0 Å². The summed E-state index contributed by atoms with van der Waals surface area (Å²) in [6.07, 6.45) is 1.40. The van der Waals surface area contributed by atoms with E-state index in [-0.39, 0.29) is 12.2 Å². The summed E-state index contributed by atoms with van der Waals surface area (Å²) in [6, 6.07) is 7.62. The molecule has 1 aromatic carbocycles. The molecule has 0 fully saturated rings. The van der Waals surface area contributed by atoms with Gasteiger partial charge < -0.3 is 15.0 Å². The van der Waals surface area contributed by atoms with Gasteiger partial charge in [-0.05, 0) is 19.1 Å². The van der Waals surface area contributed by atoms with Crippen LogP contribution in [0.4, 0.5) is 5.82 Å². The lowest BCUT2D eigenvalue weighted by Crippen LogP contribution is -2.14. The highest BCUT2D eigenvalue weighted by Gasteiger charge is 2.18. The number of nitrogens with zero attached hydrogens (tertiary/aromatic N) is 3. The highest BCUT2D eigenvalue weighted by molar-refractivity contribution is 7.81. The van der Waals surface area contributed by atoms with E-state index in [4.69, 9.17) is 17.0 Å². The van der Waals surface area contributed by atoms with Gasteiger partial charge in [0, 0.05) is 13.2 Å². The maximum Gasteiger partial charge on any atom is 0.343 e. The Hall–Kier alpha value is -2.87. The number of H-pyrrole nitrogens is 1. The molecule has 2 heterocycles. The average Bonchev–Trinajstić information content (AvgIpc) is 3.04. The Morgan fingerprint density at radius 2 is 2.12 bits per heavy atom. The van der Waals surface area contributed by atoms with Crippen LogP contribution in [0, 0.1) is 0 Å². The van der Waals surface area contributed by atoms with Gasteiger partial charge in [0.15, 0.2) is 11.6 Å². The zero-order valence-electron chi connectivity index (χ0n) is 13.2. The van der Waals surface area contributed by atoms with Gasteiger partial charge in [0.25, 0.3) is 0 Å². The quantitative estimate of drug-likeness (QED) is 0.418. The second-order valence-electron chi connectivity index (χ2n) is 4.86. The molecule has 2 N–H and O–H groups in total. The minimum atomic E-state index is -0.483. The molecule has 7 nitrogen and oxygen atoms in total. The molecular weight excluding hydrogens is 326 g/mol. The van der Waals surface area contributed by atoms with Crippen molar-refractivity contribution in [2.75, 3.05) is 19.0 Å². The average molecular weight is 341 g/mol. The molecule has 0 aliphatic carbocycles. The number of fused-ring (bicyclic) bond motifs is 1. The minimum absolute atomic E-state index is 0.260. The predicted octanol–water partition coefficient (Wildman–Crippen LogP) is 2.34. The van der Waals surface area contributed by atoms with Crippen molar-refractivity contribution >= 4 is 39.9 Å². The summed E-state index contributed by atoms with van der Waals surface area (Å²) in [5.41, 5.74) is 1.95. The van der Waals surface area contributed by atoms with Crippen LogP contribution >= 0.6 is 12.2 Å². The molecule has 24 heavy (non-hydrogen) atoms. The highest BCUT2D eigenvalue weighted by Crippen LogP contribution is 2.16. The molecule has 8 heteroatoms. The van der Waals surface area contributed by atoms with Gasteiger partial charge in [-0.25, -0.2) is 19.7 Å². The highest BCUT2D eigenvalue weighted by atomic mass is 32.1. The summed E-state index contributed by atoms with van der Waals surface area (Å²) in [5, 5.41) is 2.87. The number of para-hydroxylation sites is 2. The molecule has 3 rings (SSSR count). The second-order valence-corrected chi connectivity index (χ2v) is 5.27. The van der Waals surface area contributed by atoms with Crippen LogP contribution in [0.3, 0.4) is 0 Å². The molecule has 0 saturated carbocycles. The molecule has 0 atom stereocenters. The lowest BCUT2D eigenvalue weighted by molar-refractivity contribution is 0.0526. The minimum Gasteiger partial charge on any atom is -0.462 e. The third-order valence-electron chi connectivity index (χ3n) is 3.33. The van der Waals surface area contributed by atoms with Crippen molar-refractivity contribution in [2.45, 2.75) is 6.92 Å². The molecular formula is C16H15N5O2S. The Morgan fingerprint density at radius 3 is 2.83 bits per heavy atom. The van der Waals surface area contributed by atoms with Gasteiger partial charge in [-0.1, -0.05) is 24.4 Å². The zero-order chi connectivity index (χ0) is 17.1. The van der Waals surface area contributed by atoms with E-state index in [1.807, 2.05) is 24.3 Å². The smallest absolute Gasteiger partial charge is 0.343 e. The van der Waals surface area contributed by atoms with Gasteiger partial charge in [-0.3, -0.25) is 0 Å². The number of hydrogen-bond donors (Lipinski definition) is 2. The number of aromatic nitrogens is 4. The molecule has 122 valence electrons. The fourth-order valence-corrected chi connectivity index (χ4v) is 2.40. The zero-order valence-corrected chi connectivity index (χ0v) is 14.0. The summed E-state index contributed by atoms with van der Waals surface area (Å²) in [5.74, 6) is 0.693. The molecule has 0 unspecified atom stereocenters. The third-order valence-corrected chi connectivity index (χ3v) is 3.70. The van der Waals surface area contributed by atoms with Gasteiger partial charge >= 0.3 is 5.97 Å². The van der Waals surface area contributed by atoms with Crippen LogP contribution in [0.5, 0.6) is 0 Å². The molecule has 0 radical (unpaired) electrons. The number of thiocarbonyl (C=S) groups is 1. The normalized spacial score (nSPS) is 10.6. The summed E-state index contributed by atoms with van der Waals surface area (Å²) >= 11 is 5.43. The number of ether oxygens (including phenoxy) is 1. The lowest BCUT2D eigenvalue weighted by Gasteiger charge is -2.08. The van der Waals surface area contributed by atoms with Crippen molar-refractivity contribution in [3.63, 3.8) is 0 Å². The number of carbonyl (C=O) groups is 1. The monoisotopic (exact) mass is 341 g/mol. The van der Waals surface area contributed by atoms with Crippen molar-refractivity contribution in [2.24, 2.45) is 0 Å². The summed E-state index contributed by atoms with van der Waals surface area (Å²) in [4.78, 5) is 28.4. The number of aromatic amines is 1. The molecule has 0 aliphatic heterocycles. The molecule has 0 spiro atoms. The Bertz CT molecular complexity index is 889. The number of benzene rings is 1. The van der Waals surface area contributed by atoms with E-state index in [1.54, 1.807) is 14.0 Å². The van der Waals surface area contributed by atoms with Gasteiger partial charge in [-0.15, -0.1) is 0 Å². The second kappa shape index (κ2) is 6.71. The van der Waals surface area contributed by atoms with Crippen LogP contribution in [-0.2, 0) is 4.74 Å². The van der Waals surface area contributed by atoms with Crippen molar-refractivity contribution in [3.05, 3.63) is 47.7 Å². The van der Waals surface area contributed by atoms with E-state index in [9.17, 15) is 4.79 Å². The predicted molar refractivity (Wildman–Crippen MR) is 94.4 cm³/mol. The molecule has 0 amide bonds. The van der Waals surface area contributed by atoms with Gasteiger partial charge in [0.2, 0.25) is 0 Å². The van der Waals surface area contributed by atoms with Crippen molar-refractivity contribution in [1.29, 1.82) is 0 Å². The Kier molecular flexibility index (Phi) is 4.48. The van der Waals surface area contributed by atoms with Crippen LogP contribution < -0.4 is 5.32 Å². The van der Waals surface area contributed by atoms with Crippen molar-refractivity contribution in [1.82, 2.24) is 19.9 Å². The van der Waals surface area contributed by atoms with Gasteiger partial charge in [0.1, 0.15) is 16.2 Å². The van der Waals surface area contributed by atoms with Crippen LogP contribution in [0.2, 0.25) is 0 Å². The van der Waals surface area contributed by atoms with Crippen LogP contribution in [-0.4, -0.2) is 44.4 Å². The first-order valence-corrected chi connectivity index (χ1v) is 7.76. The number of esters is 1. The standard InChI is InChI=1S/C16H15N5O2S/c1-3-23-16(22)9-8-18-14(21-13(9)17-2)12(24)15-19-10-6-4-5-7-11(10)20-15/h4-8H,3H2,1-2H3,(H,19,20)(H,17,18,21). The maximum atomic E-state index is 11.9. The van der Waals surface area contributed by atoms with E-state index in [0.717, 1.165) is 11.0 Å². The molecule has 0 saturated heterocycles. The van der Waals surface area contributed by atoms with E-state index in [1.165, 1.54) is 6.20 Å². The largest absolute Gasteiger partial charge is 0.462 e. The molecule has 0 aliphatic rings. The maximum absolute atomic E-state index is 11.9. The van der Waals surface area contributed by atoms with Crippen LogP contribution in [0.25, 0.3) is 11.0 Å². The van der Waals surface area contributed by atoms with E-state index in [2.05, 4.69) is 25.3 Å².